The van der Waals surface area contributed by atoms with Crippen LogP contribution in [0.5, 0.6) is 0 Å². The highest BCUT2D eigenvalue weighted by molar-refractivity contribution is 6.30. The van der Waals surface area contributed by atoms with Gasteiger partial charge in [-0.25, -0.2) is 9.18 Å². The highest BCUT2D eigenvalue weighted by atomic mass is 35.5. The Hall–Kier alpha value is -3.12. The number of carboxylic acids is 1. The Morgan fingerprint density at radius 2 is 2.00 bits per heavy atom. The first-order valence-electron chi connectivity index (χ1n) is 8.24. The number of nitrogens with zero attached hydrogens (tertiary/aromatic N) is 1. The largest absolute Gasteiger partial charge is 0.478 e. The molecule has 0 spiro atoms. The fourth-order valence-corrected chi connectivity index (χ4v) is 3.67. The molecule has 1 atom stereocenters. The Balaban J connectivity index is 1.99. The number of aromatic nitrogens is 1. The molecule has 4 rings (SSSR count). The van der Waals surface area contributed by atoms with Crippen molar-refractivity contribution in [1.82, 2.24) is 4.57 Å². The van der Waals surface area contributed by atoms with E-state index in [1.807, 2.05) is 6.07 Å². The van der Waals surface area contributed by atoms with Crippen LogP contribution in [-0.4, -0.2) is 21.6 Å². The Labute approximate surface area is 159 Å². The van der Waals surface area contributed by atoms with Crippen molar-refractivity contribution in [3.63, 3.8) is 0 Å². The van der Waals surface area contributed by atoms with Crippen molar-refractivity contribution in [2.45, 2.75) is 12.3 Å². The van der Waals surface area contributed by atoms with Crippen LogP contribution in [0.4, 0.5) is 10.1 Å². The van der Waals surface area contributed by atoms with E-state index in [1.165, 1.54) is 18.3 Å². The number of carbonyl (C=O) groups excluding carboxylic acids is 1. The van der Waals surface area contributed by atoms with Crippen LogP contribution in [0.25, 0.3) is 5.69 Å². The first-order chi connectivity index (χ1) is 12.9. The lowest BCUT2D eigenvalue weighted by molar-refractivity contribution is -0.116. The lowest BCUT2D eigenvalue weighted by atomic mass is 9.88. The van der Waals surface area contributed by atoms with E-state index in [4.69, 9.17) is 11.6 Å². The summed E-state index contributed by atoms with van der Waals surface area (Å²) in [6.45, 7) is 0. The van der Waals surface area contributed by atoms with Gasteiger partial charge in [-0.2, -0.15) is 0 Å². The normalized spacial score (nSPS) is 15.9. The number of aromatic carboxylic acids is 1. The highest BCUT2D eigenvalue weighted by Crippen LogP contribution is 2.42. The minimum absolute atomic E-state index is 0.0469. The van der Waals surface area contributed by atoms with E-state index in [9.17, 15) is 19.1 Å². The van der Waals surface area contributed by atoms with E-state index in [0.29, 0.717) is 16.4 Å². The minimum atomic E-state index is -1.17. The quantitative estimate of drug-likeness (QED) is 0.701. The number of hydrogen-bond acceptors (Lipinski definition) is 2. The Morgan fingerprint density at radius 3 is 2.70 bits per heavy atom. The van der Waals surface area contributed by atoms with Gasteiger partial charge >= 0.3 is 5.97 Å². The first-order valence-corrected chi connectivity index (χ1v) is 8.61. The summed E-state index contributed by atoms with van der Waals surface area (Å²) in [7, 11) is 0. The maximum Gasteiger partial charge on any atom is 0.339 e. The van der Waals surface area contributed by atoms with Gasteiger partial charge in [0, 0.05) is 29.2 Å². The van der Waals surface area contributed by atoms with Gasteiger partial charge in [0.1, 0.15) is 11.4 Å². The molecule has 0 unspecified atom stereocenters. The zero-order chi connectivity index (χ0) is 19.1. The van der Waals surface area contributed by atoms with Crippen LogP contribution in [0.3, 0.4) is 0 Å². The smallest absolute Gasteiger partial charge is 0.339 e. The third-order valence-electron chi connectivity index (χ3n) is 4.60. The molecule has 2 aromatic carbocycles. The number of fused-ring (bicyclic) bond motifs is 1. The summed E-state index contributed by atoms with van der Waals surface area (Å²) in [6, 6.07) is 12.9. The summed E-state index contributed by atoms with van der Waals surface area (Å²) in [4.78, 5) is 24.0. The molecule has 3 aromatic rings. The number of benzene rings is 2. The molecule has 2 heterocycles. The van der Waals surface area contributed by atoms with Gasteiger partial charge in [0.2, 0.25) is 5.91 Å². The van der Waals surface area contributed by atoms with E-state index in [1.54, 1.807) is 34.9 Å². The molecule has 5 nitrogen and oxygen atoms in total. The van der Waals surface area contributed by atoms with E-state index >= 15 is 0 Å². The molecule has 0 aliphatic carbocycles. The molecule has 0 bridgehead atoms. The van der Waals surface area contributed by atoms with Crippen molar-refractivity contribution in [1.29, 1.82) is 0 Å². The van der Waals surface area contributed by atoms with Crippen LogP contribution in [0.2, 0.25) is 5.02 Å². The molecule has 0 saturated heterocycles. The van der Waals surface area contributed by atoms with E-state index < -0.39 is 17.7 Å². The number of carbonyl (C=O) groups is 2. The van der Waals surface area contributed by atoms with Crippen LogP contribution >= 0.6 is 11.6 Å². The van der Waals surface area contributed by atoms with Crippen LogP contribution in [0.1, 0.15) is 34.0 Å². The number of carboxylic acid groups (broad SMARTS) is 1. The van der Waals surface area contributed by atoms with Crippen molar-refractivity contribution >= 4 is 29.2 Å². The molecular weight excluding hydrogens is 371 g/mol. The summed E-state index contributed by atoms with van der Waals surface area (Å²) in [5.74, 6) is -2.31. The number of anilines is 1. The van der Waals surface area contributed by atoms with Gasteiger partial charge in [-0.3, -0.25) is 4.79 Å². The molecule has 1 amide bonds. The van der Waals surface area contributed by atoms with E-state index in [2.05, 4.69) is 5.32 Å². The van der Waals surface area contributed by atoms with Crippen molar-refractivity contribution in [2.75, 3.05) is 5.32 Å². The van der Waals surface area contributed by atoms with Gasteiger partial charge in [0.15, 0.2) is 0 Å². The van der Waals surface area contributed by atoms with Crippen LogP contribution < -0.4 is 5.32 Å². The molecule has 0 fully saturated rings. The summed E-state index contributed by atoms with van der Waals surface area (Å²) < 4.78 is 15.4. The molecule has 7 heteroatoms. The Morgan fingerprint density at radius 1 is 1.22 bits per heavy atom. The number of rotatable bonds is 3. The molecule has 1 aliphatic heterocycles. The zero-order valence-electron chi connectivity index (χ0n) is 13.9. The average molecular weight is 385 g/mol. The molecule has 0 radical (unpaired) electrons. The summed E-state index contributed by atoms with van der Waals surface area (Å²) in [6.07, 6.45) is 1.54. The number of halogens is 2. The predicted octanol–water partition coefficient (Wildman–Crippen LogP) is 4.44. The monoisotopic (exact) mass is 384 g/mol. The average Bonchev–Trinajstić information content (AvgIpc) is 3.00. The molecule has 2 N–H and O–H groups in total. The second-order valence-corrected chi connectivity index (χ2v) is 6.75. The Kier molecular flexibility index (Phi) is 4.20. The highest BCUT2D eigenvalue weighted by Gasteiger charge is 2.34. The number of hydrogen-bond donors (Lipinski definition) is 2. The van der Waals surface area contributed by atoms with Crippen molar-refractivity contribution in [2.24, 2.45) is 0 Å². The van der Waals surface area contributed by atoms with Gasteiger partial charge in [-0.1, -0.05) is 29.8 Å². The SMILES string of the molecule is O=C1C[C@@H](c2cccc(Cl)c2)c2c(c(C(=O)O)cn2-c2cccc(F)c2)N1. The third-order valence-corrected chi connectivity index (χ3v) is 4.83. The van der Waals surface area contributed by atoms with Gasteiger partial charge in [0.25, 0.3) is 0 Å². The first kappa shape index (κ1) is 17.3. The number of amides is 1. The van der Waals surface area contributed by atoms with Crippen LogP contribution in [0, 0.1) is 5.82 Å². The summed E-state index contributed by atoms with van der Waals surface area (Å²) >= 11 is 6.11. The standard InChI is InChI=1S/C20H14ClFN2O3/c21-12-4-1-3-11(7-12)15-9-17(25)23-18-16(20(26)27)10-24(19(15)18)14-6-2-5-13(22)8-14/h1-8,10,15H,9H2,(H,23,25)(H,26,27)/t15-/m0/s1. The molecule has 0 saturated carbocycles. The Bertz CT molecular complexity index is 1080. The van der Waals surface area contributed by atoms with Gasteiger partial charge in [0.05, 0.1) is 11.4 Å². The second kappa shape index (κ2) is 6.55. The van der Waals surface area contributed by atoms with Gasteiger partial charge in [-0.15, -0.1) is 0 Å². The third kappa shape index (κ3) is 3.08. The zero-order valence-corrected chi connectivity index (χ0v) is 14.7. The number of nitrogens with one attached hydrogen (secondary N) is 1. The second-order valence-electron chi connectivity index (χ2n) is 6.32. The van der Waals surface area contributed by atoms with Crippen molar-refractivity contribution < 1.29 is 19.1 Å². The van der Waals surface area contributed by atoms with Crippen LogP contribution in [-0.2, 0) is 4.79 Å². The fourth-order valence-electron chi connectivity index (χ4n) is 3.47. The summed E-state index contributed by atoms with van der Waals surface area (Å²) in [5.41, 5.74) is 2.02. The topological polar surface area (TPSA) is 71.3 Å². The molecule has 1 aromatic heterocycles. The molecule has 27 heavy (non-hydrogen) atoms. The maximum absolute atomic E-state index is 13.8. The molecule has 136 valence electrons. The van der Waals surface area contributed by atoms with E-state index in [-0.39, 0.29) is 23.6 Å². The molecule has 1 aliphatic rings. The lowest BCUT2D eigenvalue weighted by Gasteiger charge is -2.26. The van der Waals surface area contributed by atoms with Crippen LogP contribution in [0.15, 0.2) is 54.7 Å². The maximum atomic E-state index is 13.8. The fraction of sp³-hybridized carbons (Fsp3) is 0.100. The van der Waals surface area contributed by atoms with Gasteiger partial charge < -0.3 is 15.0 Å². The van der Waals surface area contributed by atoms with Crippen molar-refractivity contribution in [3.05, 3.63) is 82.4 Å². The van der Waals surface area contributed by atoms with E-state index in [0.717, 1.165) is 5.56 Å². The predicted molar refractivity (Wildman–Crippen MR) is 99.2 cm³/mol. The van der Waals surface area contributed by atoms with Crippen molar-refractivity contribution in [3.8, 4) is 5.69 Å². The summed E-state index contributed by atoms with van der Waals surface area (Å²) in [5, 5.41) is 12.8. The molecular formula is C20H14ClFN2O3. The van der Waals surface area contributed by atoms with Gasteiger partial charge in [-0.05, 0) is 35.9 Å². The lowest BCUT2D eigenvalue weighted by Crippen LogP contribution is -2.25. The minimum Gasteiger partial charge on any atom is -0.478 e.